The number of ether oxygens (including phenoxy) is 2. The molecule has 16 rings (SSSR count). The summed E-state index contributed by atoms with van der Waals surface area (Å²) in [6.07, 6.45) is 5.91. The second kappa shape index (κ2) is 17.4. The summed E-state index contributed by atoms with van der Waals surface area (Å²) in [6, 6.07) is 86.1. The highest BCUT2D eigenvalue weighted by molar-refractivity contribution is 6.14. The average molecular weight is 1030 g/mol. The maximum absolute atomic E-state index is 6.98. The SMILES string of the molecule is CC1(C)C2=CC(c3ccc(N(c4ccccc4)c4ccc5c(c4)Oc4ccc6c7c(ccc-5c47)-c4ccc(N(c5ccccc5)c5ccc(-c7ccc8c(c7)C(C)(C)c7ccccc7-8)cc5)cc4O6)cc3)=CCC2c2ccccc21. The molecule has 80 heavy (non-hydrogen) atoms. The summed E-state index contributed by atoms with van der Waals surface area (Å²) in [5.41, 5.74) is 25.5. The Morgan fingerprint density at radius 3 is 1.41 bits per heavy atom. The second-order valence-corrected chi connectivity index (χ2v) is 23.2. The number of anilines is 6. The zero-order valence-corrected chi connectivity index (χ0v) is 45.2. The largest absolute Gasteiger partial charge is 0.456 e. The van der Waals surface area contributed by atoms with Crippen molar-refractivity contribution in [3.05, 3.63) is 282 Å². The van der Waals surface area contributed by atoms with Crippen LogP contribution >= 0.6 is 0 Å². The van der Waals surface area contributed by atoms with Crippen molar-refractivity contribution in [3.63, 3.8) is 0 Å². The van der Waals surface area contributed by atoms with Gasteiger partial charge < -0.3 is 19.3 Å². The van der Waals surface area contributed by atoms with Gasteiger partial charge in [0.15, 0.2) is 0 Å². The molecule has 3 aliphatic carbocycles. The molecule has 11 aromatic rings. The summed E-state index contributed by atoms with van der Waals surface area (Å²) in [5.74, 6) is 3.73. The summed E-state index contributed by atoms with van der Waals surface area (Å²) in [5, 5.41) is 2.13. The van der Waals surface area contributed by atoms with Crippen LogP contribution in [0.3, 0.4) is 0 Å². The fourth-order valence-electron chi connectivity index (χ4n) is 14.1. The number of allylic oxidation sites excluding steroid dienone is 4. The first-order chi connectivity index (χ1) is 39.2. The van der Waals surface area contributed by atoms with E-state index in [9.17, 15) is 0 Å². The Bertz CT molecular complexity index is 4430. The predicted octanol–water partition coefficient (Wildman–Crippen LogP) is 21.1. The van der Waals surface area contributed by atoms with E-state index < -0.39 is 0 Å². The standard InChI is InChI=1S/C76H56N2O2/c1-75(2)65-21-13-11-19-57(65)59-35-27-49(43-67(59)75)47-23-29-53(30-24-47)77(51-15-7-5-8-16-51)55-33-37-61-63-39-40-64-62-38-34-56(46-72(62)80-70-42-41-69(73(63)74(64)70)79-71(61)45-55)78(52-17-9-6-10-18-52)54-31-25-48(26-32-54)50-28-36-60-58-20-12-14-22-66(58)76(3,4)68(60)44-50/h5-35,37-46,60H,36H2,1-4H3. The maximum atomic E-state index is 6.98. The third-order valence-electron chi connectivity index (χ3n) is 18.1. The number of benzene rings is 11. The van der Waals surface area contributed by atoms with Crippen LogP contribution in [-0.2, 0) is 10.8 Å². The fraction of sp³-hybridized carbons (Fsp3) is 0.105. The lowest BCUT2D eigenvalue weighted by Gasteiger charge is -2.30. The van der Waals surface area contributed by atoms with Gasteiger partial charge in [-0.1, -0.05) is 179 Å². The molecule has 0 radical (unpaired) electrons. The zero-order chi connectivity index (χ0) is 53.4. The molecular weight excluding hydrogens is 973 g/mol. The van der Waals surface area contributed by atoms with Gasteiger partial charge in [-0.05, 0) is 164 Å². The molecule has 0 N–H and O–H groups in total. The molecule has 4 heteroatoms. The molecule has 0 saturated heterocycles. The van der Waals surface area contributed by atoms with Crippen molar-refractivity contribution in [2.45, 2.75) is 50.9 Å². The van der Waals surface area contributed by atoms with Crippen molar-refractivity contribution in [2.24, 2.45) is 0 Å². The van der Waals surface area contributed by atoms with E-state index in [1.165, 1.54) is 61.2 Å². The Morgan fingerprint density at radius 1 is 0.350 bits per heavy atom. The zero-order valence-electron chi connectivity index (χ0n) is 45.2. The number of nitrogens with zero attached hydrogens (tertiary/aromatic N) is 2. The minimum Gasteiger partial charge on any atom is -0.456 e. The molecule has 0 saturated carbocycles. The molecule has 0 bridgehead atoms. The first-order valence-corrected chi connectivity index (χ1v) is 28.1. The van der Waals surface area contributed by atoms with Gasteiger partial charge in [-0.3, -0.25) is 0 Å². The Labute approximate surface area is 467 Å². The lowest BCUT2D eigenvalue weighted by Crippen LogP contribution is -2.17. The molecule has 1 atom stereocenters. The van der Waals surface area contributed by atoms with E-state index in [1.807, 2.05) is 0 Å². The van der Waals surface area contributed by atoms with Gasteiger partial charge in [0, 0.05) is 84.9 Å². The number of fused-ring (bicyclic) bond motifs is 10. The molecule has 0 aromatic heterocycles. The van der Waals surface area contributed by atoms with Gasteiger partial charge in [0.25, 0.3) is 0 Å². The number of para-hydroxylation sites is 2. The smallest absolute Gasteiger partial charge is 0.137 e. The molecule has 0 amide bonds. The number of rotatable bonds is 8. The summed E-state index contributed by atoms with van der Waals surface area (Å²) in [6.45, 7) is 9.45. The molecule has 5 aliphatic rings. The fourth-order valence-corrected chi connectivity index (χ4v) is 14.1. The molecule has 0 spiro atoms. The monoisotopic (exact) mass is 1030 g/mol. The van der Waals surface area contributed by atoms with E-state index in [-0.39, 0.29) is 10.8 Å². The van der Waals surface area contributed by atoms with Crippen LogP contribution < -0.4 is 19.3 Å². The second-order valence-electron chi connectivity index (χ2n) is 23.2. The van der Waals surface area contributed by atoms with Gasteiger partial charge in [-0.2, -0.15) is 0 Å². The lowest BCUT2D eigenvalue weighted by molar-refractivity contribution is 0.475. The van der Waals surface area contributed by atoms with Gasteiger partial charge >= 0.3 is 0 Å². The van der Waals surface area contributed by atoms with Gasteiger partial charge in [-0.15, -0.1) is 0 Å². The molecule has 382 valence electrons. The maximum Gasteiger partial charge on any atom is 0.137 e. The topological polar surface area (TPSA) is 24.9 Å². The Hall–Kier alpha value is -9.64. The third kappa shape index (κ3) is 7.01. The van der Waals surface area contributed by atoms with Crippen LogP contribution in [0.5, 0.6) is 23.0 Å². The van der Waals surface area contributed by atoms with Crippen molar-refractivity contribution >= 4 is 50.5 Å². The molecule has 4 nitrogen and oxygen atoms in total. The summed E-state index contributed by atoms with van der Waals surface area (Å²) < 4.78 is 13.9. The molecule has 11 aromatic carbocycles. The Morgan fingerprint density at radius 2 is 0.812 bits per heavy atom. The minimum absolute atomic E-state index is 0.00869. The highest BCUT2D eigenvalue weighted by atomic mass is 16.5. The molecule has 0 fully saturated rings. The highest BCUT2D eigenvalue weighted by Gasteiger charge is 2.42. The van der Waals surface area contributed by atoms with Crippen LogP contribution in [0.1, 0.15) is 67.9 Å². The van der Waals surface area contributed by atoms with E-state index >= 15 is 0 Å². The van der Waals surface area contributed by atoms with Crippen LogP contribution in [0, 0.1) is 0 Å². The Kier molecular flexibility index (Phi) is 10.1. The van der Waals surface area contributed by atoms with E-state index in [1.54, 1.807) is 0 Å². The normalized spacial score (nSPS) is 15.9. The van der Waals surface area contributed by atoms with E-state index in [4.69, 9.17) is 9.47 Å². The van der Waals surface area contributed by atoms with Crippen molar-refractivity contribution in [1.29, 1.82) is 0 Å². The van der Waals surface area contributed by atoms with Crippen molar-refractivity contribution < 1.29 is 9.47 Å². The van der Waals surface area contributed by atoms with Crippen molar-refractivity contribution in [2.75, 3.05) is 9.80 Å². The van der Waals surface area contributed by atoms with Crippen molar-refractivity contribution in [1.82, 2.24) is 0 Å². The van der Waals surface area contributed by atoms with Crippen LogP contribution in [0.4, 0.5) is 34.1 Å². The number of hydrogen-bond donors (Lipinski definition) is 0. The van der Waals surface area contributed by atoms with E-state index in [0.29, 0.717) is 5.92 Å². The van der Waals surface area contributed by atoms with Crippen LogP contribution in [-0.4, -0.2) is 0 Å². The quantitative estimate of drug-likeness (QED) is 0.151. The Balaban J connectivity index is 0.707. The van der Waals surface area contributed by atoms with Gasteiger partial charge in [-0.25, -0.2) is 0 Å². The minimum atomic E-state index is -0.0586. The van der Waals surface area contributed by atoms with E-state index in [2.05, 4.69) is 286 Å². The summed E-state index contributed by atoms with van der Waals surface area (Å²) in [7, 11) is 0. The van der Waals surface area contributed by atoms with Gasteiger partial charge in [0.05, 0.1) is 0 Å². The lowest BCUT2D eigenvalue weighted by atomic mass is 9.77. The van der Waals surface area contributed by atoms with Gasteiger partial charge in [0.1, 0.15) is 23.0 Å². The van der Waals surface area contributed by atoms with Gasteiger partial charge in [0.2, 0.25) is 0 Å². The summed E-state index contributed by atoms with van der Waals surface area (Å²) in [4.78, 5) is 4.64. The van der Waals surface area contributed by atoms with Crippen LogP contribution in [0.15, 0.2) is 254 Å². The molecule has 1 unspecified atom stereocenters. The highest BCUT2D eigenvalue weighted by Crippen LogP contribution is 2.58. The van der Waals surface area contributed by atoms with E-state index in [0.717, 1.165) is 96.6 Å². The van der Waals surface area contributed by atoms with Crippen molar-refractivity contribution in [3.8, 4) is 67.5 Å². The molecular formula is C76H56N2O2. The summed E-state index contributed by atoms with van der Waals surface area (Å²) >= 11 is 0. The molecule has 2 aliphatic heterocycles. The number of hydrogen-bond acceptors (Lipinski definition) is 4. The predicted molar refractivity (Wildman–Crippen MR) is 330 cm³/mol. The third-order valence-corrected chi connectivity index (χ3v) is 18.1. The van der Waals surface area contributed by atoms with Crippen LogP contribution in [0.25, 0.3) is 60.9 Å². The van der Waals surface area contributed by atoms with Crippen LogP contribution in [0.2, 0.25) is 0 Å². The average Bonchev–Trinajstić information content (AvgIpc) is 4.01. The molecule has 2 heterocycles. The first-order valence-electron chi connectivity index (χ1n) is 28.1. The first kappa shape index (κ1) is 46.5.